The molecule has 4 nitrogen and oxygen atoms in total. The summed E-state index contributed by atoms with van der Waals surface area (Å²) in [5.74, 6) is 2.06. The van der Waals surface area contributed by atoms with Crippen LogP contribution in [0.5, 0.6) is 5.75 Å². The molecule has 1 saturated heterocycles. The van der Waals surface area contributed by atoms with Crippen LogP contribution in [0.15, 0.2) is 24.3 Å². The van der Waals surface area contributed by atoms with Crippen LogP contribution in [0.2, 0.25) is 0 Å². The predicted molar refractivity (Wildman–Crippen MR) is 71.2 cm³/mol. The van der Waals surface area contributed by atoms with Gasteiger partial charge in [0.05, 0.1) is 13.5 Å². The standard InChI is InChI=1S/C13H17NO3S/c1-17-12-4-2-3-11(9-12)10-13(15)14-5-7-18(16)8-6-14/h2-4,9H,5-8,10H2,1H3. The van der Waals surface area contributed by atoms with E-state index in [1.165, 1.54) is 0 Å². The summed E-state index contributed by atoms with van der Waals surface area (Å²) in [6, 6.07) is 7.53. The summed E-state index contributed by atoms with van der Waals surface area (Å²) in [7, 11) is 0.869. The SMILES string of the molecule is COc1cccc(CC(=O)N2CCS(=O)CC2)c1. The number of ether oxygens (including phenoxy) is 1. The molecule has 1 aliphatic rings. The van der Waals surface area contributed by atoms with E-state index in [1.54, 1.807) is 12.0 Å². The molecular formula is C13H17NO3S. The molecule has 5 heteroatoms. The van der Waals surface area contributed by atoms with Crippen LogP contribution in [0.3, 0.4) is 0 Å². The first kappa shape index (κ1) is 13.1. The van der Waals surface area contributed by atoms with Crippen LogP contribution in [0.1, 0.15) is 5.56 Å². The lowest BCUT2D eigenvalue weighted by molar-refractivity contribution is -0.130. The number of methoxy groups -OCH3 is 1. The van der Waals surface area contributed by atoms with E-state index in [4.69, 9.17) is 4.74 Å². The topological polar surface area (TPSA) is 46.6 Å². The summed E-state index contributed by atoms with van der Waals surface area (Å²) in [5, 5.41) is 0. The third-order valence-corrected chi connectivity index (χ3v) is 4.30. The monoisotopic (exact) mass is 267 g/mol. The fraction of sp³-hybridized carbons (Fsp3) is 0.462. The van der Waals surface area contributed by atoms with E-state index in [2.05, 4.69) is 0 Å². The summed E-state index contributed by atoms with van der Waals surface area (Å²) >= 11 is 0. The normalized spacial score (nSPS) is 16.6. The Morgan fingerprint density at radius 1 is 1.39 bits per heavy atom. The maximum atomic E-state index is 12.1. The lowest BCUT2D eigenvalue weighted by Gasteiger charge is -2.26. The lowest BCUT2D eigenvalue weighted by atomic mass is 10.1. The zero-order chi connectivity index (χ0) is 13.0. The summed E-state index contributed by atoms with van der Waals surface area (Å²) in [6.07, 6.45) is 0.379. The number of hydrogen-bond donors (Lipinski definition) is 0. The molecule has 0 atom stereocenters. The van der Waals surface area contributed by atoms with Crippen molar-refractivity contribution in [2.24, 2.45) is 0 Å². The number of carbonyl (C=O) groups is 1. The molecule has 0 bridgehead atoms. The number of hydrogen-bond acceptors (Lipinski definition) is 3. The molecule has 0 unspecified atom stereocenters. The molecule has 0 radical (unpaired) electrons. The number of nitrogens with zero attached hydrogens (tertiary/aromatic N) is 1. The van der Waals surface area contributed by atoms with Gasteiger partial charge >= 0.3 is 0 Å². The Morgan fingerprint density at radius 3 is 2.78 bits per heavy atom. The fourth-order valence-corrected chi connectivity index (χ4v) is 3.01. The summed E-state index contributed by atoms with van der Waals surface area (Å²) < 4.78 is 16.4. The van der Waals surface area contributed by atoms with E-state index in [-0.39, 0.29) is 5.91 Å². The van der Waals surface area contributed by atoms with Crippen LogP contribution in [0.4, 0.5) is 0 Å². The van der Waals surface area contributed by atoms with Crippen molar-refractivity contribution in [2.45, 2.75) is 6.42 Å². The highest BCUT2D eigenvalue weighted by Gasteiger charge is 2.19. The van der Waals surface area contributed by atoms with Gasteiger partial charge in [0.25, 0.3) is 0 Å². The van der Waals surface area contributed by atoms with E-state index in [0.717, 1.165) is 11.3 Å². The number of rotatable bonds is 3. The first-order valence-electron chi connectivity index (χ1n) is 5.95. The van der Waals surface area contributed by atoms with Gasteiger partial charge in [-0.1, -0.05) is 12.1 Å². The number of carbonyl (C=O) groups excluding carboxylic acids is 1. The molecule has 1 fully saturated rings. The van der Waals surface area contributed by atoms with Gasteiger partial charge in [0.15, 0.2) is 0 Å². The average Bonchev–Trinajstić information content (AvgIpc) is 2.39. The Hall–Kier alpha value is -1.36. The van der Waals surface area contributed by atoms with Crippen molar-refractivity contribution in [1.82, 2.24) is 4.90 Å². The molecule has 0 spiro atoms. The second-order valence-electron chi connectivity index (χ2n) is 4.26. The predicted octanol–water partition coefficient (Wildman–Crippen LogP) is 0.829. The van der Waals surface area contributed by atoms with Crippen LogP contribution in [0.25, 0.3) is 0 Å². The molecular weight excluding hydrogens is 250 g/mol. The fourth-order valence-electron chi connectivity index (χ4n) is 1.96. The zero-order valence-electron chi connectivity index (χ0n) is 10.4. The molecule has 1 aromatic carbocycles. The Labute approximate surface area is 109 Å². The molecule has 98 valence electrons. The van der Waals surface area contributed by atoms with Crippen LogP contribution in [0, 0.1) is 0 Å². The van der Waals surface area contributed by atoms with Crippen LogP contribution in [-0.4, -0.2) is 46.7 Å². The highest BCUT2D eigenvalue weighted by Crippen LogP contribution is 2.14. The smallest absolute Gasteiger partial charge is 0.227 e. The van der Waals surface area contributed by atoms with Crippen molar-refractivity contribution in [3.63, 3.8) is 0 Å². The summed E-state index contributed by atoms with van der Waals surface area (Å²) in [4.78, 5) is 13.9. The third-order valence-electron chi connectivity index (χ3n) is 3.02. The summed E-state index contributed by atoms with van der Waals surface area (Å²) in [5.41, 5.74) is 0.950. The number of benzene rings is 1. The Morgan fingerprint density at radius 2 is 2.11 bits per heavy atom. The number of amides is 1. The third kappa shape index (κ3) is 3.32. The van der Waals surface area contributed by atoms with Crippen molar-refractivity contribution in [3.05, 3.63) is 29.8 Å². The van der Waals surface area contributed by atoms with Gasteiger partial charge in [0, 0.05) is 35.4 Å². The van der Waals surface area contributed by atoms with Crippen molar-refractivity contribution in [1.29, 1.82) is 0 Å². The minimum atomic E-state index is -0.743. The first-order valence-corrected chi connectivity index (χ1v) is 7.43. The molecule has 1 amide bonds. The zero-order valence-corrected chi connectivity index (χ0v) is 11.2. The summed E-state index contributed by atoms with van der Waals surface area (Å²) in [6.45, 7) is 1.21. The molecule has 1 heterocycles. The van der Waals surface area contributed by atoms with E-state index in [9.17, 15) is 9.00 Å². The minimum absolute atomic E-state index is 0.0972. The molecule has 1 aliphatic heterocycles. The maximum absolute atomic E-state index is 12.1. The van der Waals surface area contributed by atoms with Gasteiger partial charge in [-0.3, -0.25) is 9.00 Å². The molecule has 1 aromatic rings. The largest absolute Gasteiger partial charge is 0.497 e. The van der Waals surface area contributed by atoms with Crippen LogP contribution >= 0.6 is 0 Å². The van der Waals surface area contributed by atoms with Gasteiger partial charge in [0.2, 0.25) is 5.91 Å². The van der Waals surface area contributed by atoms with E-state index in [1.807, 2.05) is 24.3 Å². The van der Waals surface area contributed by atoms with Gasteiger partial charge in [-0.2, -0.15) is 0 Å². The van der Waals surface area contributed by atoms with Gasteiger partial charge in [-0.25, -0.2) is 0 Å². The first-order chi connectivity index (χ1) is 8.69. The van der Waals surface area contributed by atoms with Crippen LogP contribution < -0.4 is 4.74 Å². The molecule has 2 rings (SSSR count). The minimum Gasteiger partial charge on any atom is -0.497 e. The Kier molecular flexibility index (Phi) is 4.36. The van der Waals surface area contributed by atoms with Gasteiger partial charge in [-0.05, 0) is 17.7 Å². The molecule has 0 saturated carbocycles. The maximum Gasteiger partial charge on any atom is 0.227 e. The van der Waals surface area contributed by atoms with Crippen molar-refractivity contribution >= 4 is 16.7 Å². The Bertz CT molecular complexity index is 451. The highest BCUT2D eigenvalue weighted by atomic mass is 32.2. The second kappa shape index (κ2) is 6.00. The molecule has 0 aliphatic carbocycles. The van der Waals surface area contributed by atoms with Crippen molar-refractivity contribution < 1.29 is 13.7 Å². The average molecular weight is 267 g/mol. The molecule has 0 N–H and O–H groups in total. The highest BCUT2D eigenvalue weighted by molar-refractivity contribution is 7.85. The van der Waals surface area contributed by atoms with Crippen molar-refractivity contribution in [2.75, 3.05) is 31.7 Å². The van der Waals surface area contributed by atoms with E-state index in [0.29, 0.717) is 31.0 Å². The lowest BCUT2D eigenvalue weighted by Crippen LogP contribution is -2.42. The van der Waals surface area contributed by atoms with Crippen molar-refractivity contribution in [3.8, 4) is 5.75 Å². The molecule has 18 heavy (non-hydrogen) atoms. The van der Waals surface area contributed by atoms with Gasteiger partial charge in [-0.15, -0.1) is 0 Å². The van der Waals surface area contributed by atoms with Gasteiger partial charge in [0.1, 0.15) is 5.75 Å². The van der Waals surface area contributed by atoms with E-state index >= 15 is 0 Å². The van der Waals surface area contributed by atoms with Crippen LogP contribution in [-0.2, 0) is 22.0 Å². The quantitative estimate of drug-likeness (QED) is 0.815. The second-order valence-corrected chi connectivity index (χ2v) is 5.95. The van der Waals surface area contributed by atoms with Gasteiger partial charge < -0.3 is 9.64 Å². The van der Waals surface area contributed by atoms with E-state index < -0.39 is 10.8 Å². The molecule has 0 aromatic heterocycles. The Balaban J connectivity index is 1.96.